The van der Waals surface area contributed by atoms with Crippen LogP contribution >= 0.6 is 0 Å². The van der Waals surface area contributed by atoms with Crippen LogP contribution in [-0.2, 0) is 9.53 Å². The number of hydrogen-bond acceptors (Lipinski definition) is 3. The highest BCUT2D eigenvalue weighted by Crippen LogP contribution is 2.28. The molecule has 0 radical (unpaired) electrons. The fraction of sp³-hybridized carbons (Fsp3) is 0.560. The van der Waals surface area contributed by atoms with Crippen LogP contribution in [0.3, 0.4) is 0 Å². The summed E-state index contributed by atoms with van der Waals surface area (Å²) in [6.07, 6.45) is 19.0. The largest absolute Gasteiger partial charge is 0.458 e. The van der Waals surface area contributed by atoms with Crippen LogP contribution in [0.2, 0.25) is 0 Å². The van der Waals surface area contributed by atoms with Gasteiger partial charge in [-0.1, -0.05) is 74.9 Å². The summed E-state index contributed by atoms with van der Waals surface area (Å²) in [5, 5.41) is 9.81. The van der Waals surface area contributed by atoms with Gasteiger partial charge in [0.15, 0.2) is 0 Å². The van der Waals surface area contributed by atoms with Gasteiger partial charge in [0.1, 0.15) is 6.10 Å². The number of allylic oxidation sites excluding steroid dienone is 2. The molecule has 0 saturated carbocycles. The van der Waals surface area contributed by atoms with Gasteiger partial charge in [0.2, 0.25) is 0 Å². The Morgan fingerprint density at radius 3 is 2.46 bits per heavy atom. The number of carbonyl (C=O) groups excluding carboxylic acids is 1. The van der Waals surface area contributed by atoms with E-state index in [-0.39, 0.29) is 18.5 Å². The number of aliphatic hydroxyl groups is 1. The van der Waals surface area contributed by atoms with Crippen LogP contribution in [0.5, 0.6) is 0 Å². The molecular formula is C25H34O3. The van der Waals surface area contributed by atoms with Crippen molar-refractivity contribution in [2.75, 3.05) is 0 Å². The Kier molecular flexibility index (Phi) is 8.35. The van der Waals surface area contributed by atoms with Gasteiger partial charge >= 0.3 is 5.97 Å². The Morgan fingerprint density at radius 1 is 0.964 bits per heavy atom. The third kappa shape index (κ3) is 6.63. The molecule has 0 aromatic heterocycles. The van der Waals surface area contributed by atoms with Gasteiger partial charge in [-0.05, 0) is 48.5 Å². The number of carbonyl (C=O) groups is 1. The first-order valence-corrected chi connectivity index (χ1v) is 11.1. The van der Waals surface area contributed by atoms with E-state index in [1.165, 1.54) is 62.5 Å². The van der Waals surface area contributed by atoms with Crippen LogP contribution < -0.4 is 0 Å². The van der Waals surface area contributed by atoms with E-state index in [9.17, 15) is 9.90 Å². The zero-order valence-electron chi connectivity index (χ0n) is 16.9. The minimum Gasteiger partial charge on any atom is -0.458 e. The van der Waals surface area contributed by atoms with E-state index in [2.05, 4.69) is 36.4 Å². The second-order valence-corrected chi connectivity index (χ2v) is 8.16. The average molecular weight is 383 g/mol. The van der Waals surface area contributed by atoms with Gasteiger partial charge in [-0.25, -0.2) is 0 Å². The van der Waals surface area contributed by atoms with Crippen LogP contribution in [0.15, 0.2) is 36.4 Å². The molecule has 2 unspecified atom stereocenters. The van der Waals surface area contributed by atoms with Crippen molar-refractivity contribution in [1.82, 2.24) is 0 Å². The first-order valence-electron chi connectivity index (χ1n) is 11.1. The number of ether oxygens (including phenoxy) is 1. The average Bonchev–Trinajstić information content (AvgIpc) is 2.66. The standard InChI is InChI=1S/C25H34O3/c26-22-18-23(28-25(27)19-22)17-16-21-14-10-11-15-24(21)20-12-8-6-4-2-1-3-5-7-9-13-20/h10-12,14-17,22-23,26H,1-9,13,18-19H2. The van der Waals surface area contributed by atoms with Crippen LogP contribution in [-0.4, -0.2) is 23.3 Å². The molecule has 28 heavy (non-hydrogen) atoms. The molecule has 1 N–H and O–H groups in total. The summed E-state index contributed by atoms with van der Waals surface area (Å²) in [5.74, 6) is -0.316. The summed E-state index contributed by atoms with van der Waals surface area (Å²) in [5.41, 5.74) is 3.90. The Bertz CT molecular complexity index is 689. The van der Waals surface area contributed by atoms with Crippen molar-refractivity contribution in [2.45, 2.75) is 89.3 Å². The maximum atomic E-state index is 11.6. The van der Waals surface area contributed by atoms with Crippen molar-refractivity contribution in [3.8, 4) is 0 Å². The van der Waals surface area contributed by atoms with Crippen LogP contribution in [0.1, 0.15) is 88.2 Å². The molecular weight excluding hydrogens is 348 g/mol. The van der Waals surface area contributed by atoms with Gasteiger partial charge < -0.3 is 9.84 Å². The monoisotopic (exact) mass is 382 g/mol. The molecule has 0 amide bonds. The predicted molar refractivity (Wildman–Crippen MR) is 115 cm³/mol. The lowest BCUT2D eigenvalue weighted by molar-refractivity contribution is -0.156. The fourth-order valence-electron chi connectivity index (χ4n) is 4.22. The third-order valence-corrected chi connectivity index (χ3v) is 5.78. The number of esters is 1. The minimum atomic E-state index is -0.597. The highest BCUT2D eigenvalue weighted by molar-refractivity contribution is 5.75. The van der Waals surface area contributed by atoms with Crippen molar-refractivity contribution >= 4 is 17.6 Å². The molecule has 2 atom stereocenters. The highest BCUT2D eigenvalue weighted by atomic mass is 16.5. The van der Waals surface area contributed by atoms with Crippen molar-refractivity contribution in [1.29, 1.82) is 0 Å². The fourth-order valence-corrected chi connectivity index (χ4v) is 4.22. The molecule has 2 aliphatic rings. The number of hydrogen-bond donors (Lipinski definition) is 1. The Labute approximate surface area is 169 Å². The third-order valence-electron chi connectivity index (χ3n) is 5.78. The SMILES string of the molecule is O=C1CC(O)CC(C=Cc2ccccc2C2=CCCCCCCCCCC2)O1. The molecule has 0 bridgehead atoms. The van der Waals surface area contributed by atoms with Gasteiger partial charge in [0.05, 0.1) is 12.5 Å². The number of aliphatic hydroxyl groups excluding tert-OH is 1. The molecule has 1 aromatic rings. The zero-order valence-corrected chi connectivity index (χ0v) is 16.9. The molecule has 1 aliphatic heterocycles. The Hall–Kier alpha value is -1.87. The quantitative estimate of drug-likeness (QED) is 0.646. The Morgan fingerprint density at radius 2 is 1.68 bits per heavy atom. The lowest BCUT2D eigenvalue weighted by Crippen LogP contribution is -2.31. The Balaban J connectivity index is 1.75. The summed E-state index contributed by atoms with van der Waals surface area (Å²) < 4.78 is 5.36. The van der Waals surface area contributed by atoms with E-state index >= 15 is 0 Å². The molecule has 1 aromatic carbocycles. The molecule has 3 heteroatoms. The second kappa shape index (κ2) is 11.2. The summed E-state index contributed by atoms with van der Waals surface area (Å²) >= 11 is 0. The smallest absolute Gasteiger partial charge is 0.309 e. The van der Waals surface area contributed by atoms with Crippen molar-refractivity contribution in [3.05, 3.63) is 47.5 Å². The van der Waals surface area contributed by atoms with Crippen molar-refractivity contribution in [3.63, 3.8) is 0 Å². The van der Waals surface area contributed by atoms with E-state index in [0.717, 1.165) is 18.4 Å². The predicted octanol–water partition coefficient (Wildman–Crippen LogP) is 6.06. The maximum Gasteiger partial charge on any atom is 0.309 e. The second-order valence-electron chi connectivity index (χ2n) is 8.16. The van der Waals surface area contributed by atoms with Gasteiger partial charge in [0.25, 0.3) is 0 Å². The van der Waals surface area contributed by atoms with Crippen LogP contribution in [0.25, 0.3) is 11.6 Å². The molecule has 0 spiro atoms. The highest BCUT2D eigenvalue weighted by Gasteiger charge is 2.25. The zero-order chi connectivity index (χ0) is 19.6. The van der Waals surface area contributed by atoms with Crippen LogP contribution in [0.4, 0.5) is 0 Å². The summed E-state index contributed by atoms with van der Waals surface area (Å²) in [6.45, 7) is 0. The van der Waals surface area contributed by atoms with E-state index in [1.54, 1.807) is 0 Å². The molecule has 1 fully saturated rings. The summed E-state index contributed by atoms with van der Waals surface area (Å²) in [7, 11) is 0. The topological polar surface area (TPSA) is 46.5 Å². The van der Waals surface area contributed by atoms with Crippen molar-refractivity contribution < 1.29 is 14.6 Å². The summed E-state index contributed by atoms with van der Waals surface area (Å²) in [4.78, 5) is 11.6. The van der Waals surface area contributed by atoms with E-state index < -0.39 is 6.10 Å². The maximum absolute atomic E-state index is 11.6. The lowest BCUT2D eigenvalue weighted by Gasteiger charge is -2.23. The lowest BCUT2D eigenvalue weighted by atomic mass is 9.92. The van der Waals surface area contributed by atoms with Gasteiger partial charge in [-0.15, -0.1) is 0 Å². The van der Waals surface area contributed by atoms with Crippen LogP contribution in [0, 0.1) is 0 Å². The van der Waals surface area contributed by atoms with E-state index in [1.807, 2.05) is 6.08 Å². The first-order chi connectivity index (χ1) is 13.7. The van der Waals surface area contributed by atoms with E-state index in [4.69, 9.17) is 4.74 Å². The molecule has 1 aliphatic carbocycles. The van der Waals surface area contributed by atoms with Gasteiger partial charge in [-0.2, -0.15) is 0 Å². The van der Waals surface area contributed by atoms with Gasteiger partial charge in [0, 0.05) is 6.42 Å². The summed E-state index contributed by atoms with van der Waals surface area (Å²) in [6, 6.07) is 8.50. The molecule has 1 saturated heterocycles. The number of benzene rings is 1. The molecule has 1 heterocycles. The van der Waals surface area contributed by atoms with Gasteiger partial charge in [-0.3, -0.25) is 4.79 Å². The number of cyclic esters (lactones) is 1. The molecule has 152 valence electrons. The minimum absolute atomic E-state index is 0.105. The molecule has 3 rings (SSSR count). The van der Waals surface area contributed by atoms with E-state index in [0.29, 0.717) is 6.42 Å². The first kappa shape index (κ1) is 20.9. The van der Waals surface area contributed by atoms with Crippen molar-refractivity contribution in [2.24, 2.45) is 0 Å². The normalized spacial score (nSPS) is 25.5. The molecule has 3 nitrogen and oxygen atoms in total. The number of rotatable bonds is 3.